The summed E-state index contributed by atoms with van der Waals surface area (Å²) in [6, 6.07) is 15.1. The number of hydrogen-bond acceptors (Lipinski definition) is 5. The molecule has 0 aromatic heterocycles. The van der Waals surface area contributed by atoms with E-state index in [4.69, 9.17) is 33.3 Å². The Bertz CT molecular complexity index is 1180. The lowest BCUT2D eigenvalue weighted by Gasteiger charge is -2.30. The first-order valence-corrected chi connectivity index (χ1v) is 11.6. The first-order chi connectivity index (χ1) is 15.5. The van der Waals surface area contributed by atoms with Crippen LogP contribution in [0.25, 0.3) is 10.8 Å². The first-order valence-electron chi connectivity index (χ1n) is 9.97. The van der Waals surface area contributed by atoms with E-state index in [9.17, 15) is 4.79 Å². The summed E-state index contributed by atoms with van der Waals surface area (Å²) in [7, 11) is 1.53. The second-order valence-corrected chi connectivity index (χ2v) is 8.80. The van der Waals surface area contributed by atoms with E-state index in [0.717, 1.165) is 35.2 Å². The highest BCUT2D eigenvalue weighted by Crippen LogP contribution is 2.36. The minimum Gasteiger partial charge on any atom is -0.495 e. The van der Waals surface area contributed by atoms with Crippen LogP contribution in [-0.2, 0) is 4.74 Å². The molecule has 1 aliphatic heterocycles. The maximum Gasteiger partial charge on any atom is 0.261 e. The number of hydrogen-bond donors (Lipinski definition) is 2. The Hall–Kier alpha value is -2.39. The Kier molecular flexibility index (Phi) is 7.15. The van der Waals surface area contributed by atoms with Crippen LogP contribution in [0.1, 0.15) is 10.4 Å². The summed E-state index contributed by atoms with van der Waals surface area (Å²) in [4.78, 5) is 15.3. The number of ether oxygens (including phenoxy) is 2. The second kappa shape index (κ2) is 10.0. The molecule has 1 amide bonds. The molecular weight excluding hydrogens is 514 g/mol. The SMILES string of the molecule is COc1c(C(=O)NC(=S)Nc2cc(Cl)ccc2N2CCOCC2)cc2ccccc2c1Br. The van der Waals surface area contributed by atoms with Crippen molar-refractivity contribution >= 4 is 72.9 Å². The number of halogens is 2. The lowest BCUT2D eigenvalue weighted by Crippen LogP contribution is -2.38. The van der Waals surface area contributed by atoms with E-state index in [1.54, 1.807) is 12.1 Å². The topological polar surface area (TPSA) is 62.8 Å². The second-order valence-electron chi connectivity index (χ2n) is 7.16. The van der Waals surface area contributed by atoms with Gasteiger partial charge in [0.25, 0.3) is 5.91 Å². The van der Waals surface area contributed by atoms with Gasteiger partial charge < -0.3 is 19.7 Å². The van der Waals surface area contributed by atoms with E-state index in [2.05, 4.69) is 31.5 Å². The summed E-state index contributed by atoms with van der Waals surface area (Å²) in [5.41, 5.74) is 2.04. The fraction of sp³-hybridized carbons (Fsp3) is 0.217. The van der Waals surface area contributed by atoms with Gasteiger partial charge in [-0.1, -0.05) is 35.9 Å². The Morgan fingerprint density at radius 3 is 2.69 bits per heavy atom. The largest absolute Gasteiger partial charge is 0.495 e. The van der Waals surface area contributed by atoms with Gasteiger partial charge in [0.05, 0.1) is 41.7 Å². The molecule has 3 aromatic rings. The van der Waals surface area contributed by atoms with Crippen molar-refractivity contribution in [2.24, 2.45) is 0 Å². The van der Waals surface area contributed by atoms with Gasteiger partial charge in [0.1, 0.15) is 5.75 Å². The van der Waals surface area contributed by atoms with Crippen LogP contribution in [0.15, 0.2) is 53.0 Å². The van der Waals surface area contributed by atoms with Crippen LogP contribution in [0.4, 0.5) is 11.4 Å². The van der Waals surface area contributed by atoms with Crippen LogP contribution in [-0.4, -0.2) is 44.4 Å². The van der Waals surface area contributed by atoms with E-state index < -0.39 is 0 Å². The zero-order valence-corrected chi connectivity index (χ0v) is 20.4. The zero-order valence-electron chi connectivity index (χ0n) is 17.3. The summed E-state index contributed by atoms with van der Waals surface area (Å²) in [6.45, 7) is 2.83. The Balaban J connectivity index is 1.57. The minimum atomic E-state index is -0.374. The predicted octanol–water partition coefficient (Wildman–Crippen LogP) is 5.23. The number of anilines is 2. The smallest absolute Gasteiger partial charge is 0.261 e. The van der Waals surface area contributed by atoms with Gasteiger partial charge in [-0.3, -0.25) is 10.1 Å². The number of fused-ring (bicyclic) bond motifs is 1. The van der Waals surface area contributed by atoms with Crippen LogP contribution in [0, 0.1) is 0 Å². The van der Waals surface area contributed by atoms with Gasteiger partial charge in [-0.2, -0.15) is 0 Å². The van der Waals surface area contributed by atoms with Crippen LogP contribution < -0.4 is 20.3 Å². The molecule has 32 heavy (non-hydrogen) atoms. The van der Waals surface area contributed by atoms with Gasteiger partial charge >= 0.3 is 0 Å². The highest BCUT2D eigenvalue weighted by atomic mass is 79.9. The molecule has 9 heteroatoms. The van der Waals surface area contributed by atoms with Gasteiger partial charge in [-0.15, -0.1) is 0 Å². The summed E-state index contributed by atoms with van der Waals surface area (Å²) in [5.74, 6) is 0.0708. The van der Waals surface area contributed by atoms with Crippen LogP contribution in [0.2, 0.25) is 5.02 Å². The number of carbonyl (C=O) groups is 1. The molecule has 1 saturated heterocycles. The Morgan fingerprint density at radius 1 is 1.19 bits per heavy atom. The summed E-state index contributed by atoms with van der Waals surface area (Å²) >= 11 is 15.2. The van der Waals surface area contributed by atoms with Crippen molar-refractivity contribution in [1.82, 2.24) is 5.32 Å². The van der Waals surface area contributed by atoms with Crippen molar-refractivity contribution < 1.29 is 14.3 Å². The third-order valence-corrected chi connectivity index (χ3v) is 6.40. The number of carbonyl (C=O) groups excluding carboxylic acids is 1. The Labute approximate surface area is 204 Å². The average molecular weight is 535 g/mol. The number of morpholine rings is 1. The van der Waals surface area contributed by atoms with Gasteiger partial charge in [0.2, 0.25) is 0 Å². The molecular formula is C23H21BrClN3O3S. The van der Waals surface area contributed by atoms with Crippen molar-refractivity contribution in [1.29, 1.82) is 0 Å². The standard InChI is InChI=1S/C23H21BrClN3O3S/c1-30-21-17(12-14-4-2-3-5-16(14)20(21)24)22(29)27-23(32)26-18-13-15(25)6-7-19(18)28-8-10-31-11-9-28/h2-7,12-13H,8-11H2,1H3,(H2,26,27,29,32). The maximum absolute atomic E-state index is 13.1. The first kappa shape index (κ1) is 22.8. The van der Waals surface area contributed by atoms with Gasteiger partial charge in [0, 0.05) is 18.1 Å². The molecule has 0 aliphatic carbocycles. The van der Waals surface area contributed by atoms with Crippen LogP contribution in [0.3, 0.4) is 0 Å². The summed E-state index contributed by atoms with van der Waals surface area (Å²) in [6.07, 6.45) is 0. The van der Waals surface area contributed by atoms with Crippen LogP contribution in [0.5, 0.6) is 5.75 Å². The molecule has 2 N–H and O–H groups in total. The van der Waals surface area contributed by atoms with Crippen molar-refractivity contribution in [3.63, 3.8) is 0 Å². The quantitative estimate of drug-likeness (QED) is 0.447. The molecule has 3 aromatic carbocycles. The lowest BCUT2D eigenvalue weighted by atomic mass is 10.1. The molecule has 0 radical (unpaired) electrons. The fourth-order valence-corrected chi connectivity index (χ4v) is 4.78. The molecule has 0 spiro atoms. The monoisotopic (exact) mass is 533 g/mol. The van der Waals surface area contributed by atoms with E-state index >= 15 is 0 Å². The minimum absolute atomic E-state index is 0.165. The highest BCUT2D eigenvalue weighted by Gasteiger charge is 2.20. The van der Waals surface area contributed by atoms with Gasteiger partial charge in [-0.25, -0.2) is 0 Å². The van der Waals surface area contributed by atoms with E-state index in [0.29, 0.717) is 34.0 Å². The number of nitrogens with zero attached hydrogens (tertiary/aromatic N) is 1. The maximum atomic E-state index is 13.1. The lowest BCUT2D eigenvalue weighted by molar-refractivity contribution is 0.0975. The zero-order chi connectivity index (χ0) is 22.7. The van der Waals surface area contributed by atoms with E-state index in [1.165, 1.54) is 7.11 Å². The molecule has 166 valence electrons. The van der Waals surface area contributed by atoms with Crippen molar-refractivity contribution in [3.05, 3.63) is 63.6 Å². The molecule has 0 saturated carbocycles. The molecule has 0 bridgehead atoms. The third kappa shape index (κ3) is 4.83. The van der Waals surface area contributed by atoms with Crippen LogP contribution >= 0.6 is 39.7 Å². The summed E-state index contributed by atoms with van der Waals surface area (Å²) in [5, 5.41) is 8.47. The molecule has 0 unspecified atom stereocenters. The average Bonchev–Trinajstić information content (AvgIpc) is 2.79. The number of methoxy groups -OCH3 is 1. The molecule has 6 nitrogen and oxygen atoms in total. The van der Waals surface area contributed by atoms with Crippen molar-refractivity contribution in [2.45, 2.75) is 0 Å². The predicted molar refractivity (Wildman–Crippen MR) is 136 cm³/mol. The molecule has 1 heterocycles. The number of benzene rings is 3. The highest BCUT2D eigenvalue weighted by molar-refractivity contribution is 9.10. The normalized spacial score (nSPS) is 13.7. The molecule has 1 aliphatic rings. The summed E-state index contributed by atoms with van der Waals surface area (Å²) < 4.78 is 11.7. The number of nitrogens with one attached hydrogen (secondary N) is 2. The van der Waals surface area contributed by atoms with Crippen molar-refractivity contribution in [3.8, 4) is 5.75 Å². The number of thiocarbonyl (C=S) groups is 1. The van der Waals surface area contributed by atoms with Crippen molar-refractivity contribution in [2.75, 3.05) is 43.6 Å². The van der Waals surface area contributed by atoms with Gasteiger partial charge in [0.15, 0.2) is 5.11 Å². The number of amides is 1. The molecule has 1 fully saturated rings. The number of rotatable bonds is 4. The molecule has 4 rings (SSSR count). The fourth-order valence-electron chi connectivity index (χ4n) is 3.66. The molecule has 0 atom stereocenters. The Morgan fingerprint density at radius 2 is 1.94 bits per heavy atom. The van der Waals surface area contributed by atoms with E-state index in [1.807, 2.05) is 36.4 Å². The third-order valence-electron chi connectivity index (χ3n) is 5.18. The van der Waals surface area contributed by atoms with Gasteiger partial charge in [-0.05, 0) is 63.2 Å². The van der Waals surface area contributed by atoms with E-state index in [-0.39, 0.29) is 11.0 Å².